The monoisotopic (exact) mass is 295 g/mol. The third-order valence-corrected chi connectivity index (χ3v) is 3.53. The molecule has 0 radical (unpaired) electrons. The van der Waals surface area contributed by atoms with Gasteiger partial charge in [0.2, 0.25) is 0 Å². The Balaban J connectivity index is 2.94. The Morgan fingerprint density at radius 1 is 1.06 bits per heavy atom. The first kappa shape index (κ1) is 12.1. The lowest BCUT2D eigenvalue weighted by Crippen LogP contribution is -1.90. The van der Waals surface area contributed by atoms with Crippen molar-refractivity contribution in [2.45, 2.75) is 0 Å². The number of nitrogens with zero attached hydrogens (tertiary/aromatic N) is 1. The standard InChI is InChI=1S/C10H5Cl4NO/c1-16-6-3-4(11)2-5-7(12)8(13)10(14)15-9(5)6/h2-3H,1H3. The van der Waals surface area contributed by atoms with Gasteiger partial charge in [0.15, 0.2) is 0 Å². The second-order valence-electron chi connectivity index (χ2n) is 3.03. The SMILES string of the molecule is COc1cc(Cl)cc2c(Cl)c(Cl)c(Cl)nc12. The van der Waals surface area contributed by atoms with Crippen LogP contribution in [0, 0.1) is 0 Å². The molecule has 0 fully saturated rings. The van der Waals surface area contributed by atoms with Gasteiger partial charge in [-0.15, -0.1) is 0 Å². The summed E-state index contributed by atoms with van der Waals surface area (Å²) >= 11 is 23.7. The summed E-state index contributed by atoms with van der Waals surface area (Å²) < 4.78 is 5.15. The summed E-state index contributed by atoms with van der Waals surface area (Å²) in [5.41, 5.74) is 0.534. The maximum atomic E-state index is 6.06. The number of hydrogen-bond acceptors (Lipinski definition) is 2. The zero-order valence-corrected chi connectivity index (χ0v) is 11.0. The lowest BCUT2D eigenvalue weighted by Gasteiger charge is -2.08. The molecule has 0 saturated carbocycles. The van der Waals surface area contributed by atoms with E-state index in [1.807, 2.05) is 0 Å². The van der Waals surface area contributed by atoms with Gasteiger partial charge in [0, 0.05) is 16.5 Å². The summed E-state index contributed by atoms with van der Waals surface area (Å²) in [5, 5.41) is 1.77. The first-order valence-corrected chi connectivity index (χ1v) is 5.73. The van der Waals surface area contributed by atoms with E-state index in [1.165, 1.54) is 7.11 Å². The molecule has 0 bridgehead atoms. The molecule has 16 heavy (non-hydrogen) atoms. The van der Waals surface area contributed by atoms with Crippen molar-refractivity contribution in [3.05, 3.63) is 32.4 Å². The Hall–Kier alpha value is -0.410. The van der Waals surface area contributed by atoms with E-state index in [4.69, 9.17) is 51.1 Å². The number of fused-ring (bicyclic) bond motifs is 1. The molecular formula is C10H5Cl4NO. The van der Waals surface area contributed by atoms with Gasteiger partial charge in [0.05, 0.1) is 17.2 Å². The first-order valence-electron chi connectivity index (χ1n) is 4.22. The van der Waals surface area contributed by atoms with Crippen LogP contribution in [-0.4, -0.2) is 12.1 Å². The number of aromatic nitrogens is 1. The molecule has 0 aliphatic heterocycles. The molecule has 2 rings (SSSR count). The van der Waals surface area contributed by atoms with Crippen molar-refractivity contribution < 1.29 is 4.74 Å². The highest BCUT2D eigenvalue weighted by Gasteiger charge is 2.14. The van der Waals surface area contributed by atoms with Crippen LogP contribution in [-0.2, 0) is 0 Å². The minimum Gasteiger partial charge on any atom is -0.494 e. The quantitative estimate of drug-likeness (QED) is 0.701. The van der Waals surface area contributed by atoms with Crippen LogP contribution in [0.15, 0.2) is 12.1 Å². The Morgan fingerprint density at radius 2 is 1.75 bits per heavy atom. The molecule has 2 aromatic rings. The molecule has 6 heteroatoms. The highest BCUT2D eigenvalue weighted by molar-refractivity contribution is 6.50. The Labute approximate surface area is 112 Å². The minimum atomic E-state index is 0.139. The van der Waals surface area contributed by atoms with E-state index in [1.54, 1.807) is 12.1 Å². The fourth-order valence-corrected chi connectivity index (χ4v) is 2.18. The van der Waals surface area contributed by atoms with E-state index < -0.39 is 0 Å². The molecule has 2 nitrogen and oxygen atoms in total. The van der Waals surface area contributed by atoms with Gasteiger partial charge in [-0.3, -0.25) is 0 Å². The Morgan fingerprint density at radius 3 is 2.38 bits per heavy atom. The molecule has 0 saturated heterocycles. The van der Waals surface area contributed by atoms with Gasteiger partial charge in [0.1, 0.15) is 16.4 Å². The van der Waals surface area contributed by atoms with Crippen LogP contribution in [0.2, 0.25) is 20.2 Å². The number of pyridine rings is 1. The largest absolute Gasteiger partial charge is 0.494 e. The summed E-state index contributed by atoms with van der Waals surface area (Å²) in [4.78, 5) is 4.11. The number of methoxy groups -OCH3 is 1. The topological polar surface area (TPSA) is 22.1 Å². The average molecular weight is 297 g/mol. The van der Waals surface area contributed by atoms with Gasteiger partial charge in [-0.05, 0) is 6.07 Å². The zero-order chi connectivity index (χ0) is 11.9. The van der Waals surface area contributed by atoms with Crippen LogP contribution in [0.5, 0.6) is 5.75 Å². The molecule has 0 N–H and O–H groups in total. The molecule has 0 aliphatic carbocycles. The average Bonchev–Trinajstić information content (AvgIpc) is 2.26. The predicted molar refractivity (Wildman–Crippen MR) is 68.3 cm³/mol. The second kappa shape index (κ2) is 4.46. The summed E-state index contributed by atoms with van der Waals surface area (Å²) in [7, 11) is 1.52. The van der Waals surface area contributed by atoms with Gasteiger partial charge in [-0.25, -0.2) is 4.98 Å². The van der Waals surface area contributed by atoms with E-state index >= 15 is 0 Å². The normalized spacial score (nSPS) is 10.8. The maximum Gasteiger partial charge on any atom is 0.150 e. The van der Waals surface area contributed by atoms with Gasteiger partial charge < -0.3 is 4.74 Å². The molecular weight excluding hydrogens is 292 g/mol. The van der Waals surface area contributed by atoms with Crippen molar-refractivity contribution in [3.8, 4) is 5.75 Å². The van der Waals surface area contributed by atoms with Gasteiger partial charge in [-0.1, -0.05) is 46.4 Å². The van der Waals surface area contributed by atoms with Crippen LogP contribution in [0.3, 0.4) is 0 Å². The molecule has 0 amide bonds. The number of ether oxygens (including phenoxy) is 1. The van der Waals surface area contributed by atoms with E-state index in [-0.39, 0.29) is 10.2 Å². The van der Waals surface area contributed by atoms with Gasteiger partial charge in [0.25, 0.3) is 0 Å². The summed E-state index contributed by atoms with van der Waals surface area (Å²) in [6.07, 6.45) is 0. The van der Waals surface area contributed by atoms with Crippen molar-refractivity contribution >= 4 is 57.3 Å². The van der Waals surface area contributed by atoms with Crippen molar-refractivity contribution in [3.63, 3.8) is 0 Å². The fraction of sp³-hybridized carbons (Fsp3) is 0.100. The van der Waals surface area contributed by atoms with Crippen LogP contribution in [0.4, 0.5) is 0 Å². The third kappa shape index (κ3) is 1.91. The molecule has 0 atom stereocenters. The van der Waals surface area contributed by atoms with E-state index in [0.29, 0.717) is 26.7 Å². The van der Waals surface area contributed by atoms with Crippen molar-refractivity contribution in [2.24, 2.45) is 0 Å². The molecule has 84 valence electrons. The first-order chi connectivity index (χ1) is 7.54. The summed E-state index contributed by atoms with van der Waals surface area (Å²) in [6, 6.07) is 3.30. The Kier molecular flexibility index (Phi) is 3.36. The molecule has 0 aliphatic rings. The van der Waals surface area contributed by atoms with Crippen molar-refractivity contribution in [1.82, 2.24) is 4.98 Å². The molecule has 1 aromatic heterocycles. The van der Waals surface area contributed by atoms with Gasteiger partial charge >= 0.3 is 0 Å². The number of hydrogen-bond donors (Lipinski definition) is 0. The van der Waals surface area contributed by atoms with E-state index in [9.17, 15) is 0 Å². The highest BCUT2D eigenvalue weighted by Crippen LogP contribution is 2.39. The summed E-state index contributed by atoms with van der Waals surface area (Å²) in [6.45, 7) is 0. The van der Waals surface area contributed by atoms with Crippen LogP contribution < -0.4 is 4.74 Å². The molecule has 0 unspecified atom stereocenters. The molecule has 0 spiro atoms. The van der Waals surface area contributed by atoms with Crippen LogP contribution >= 0.6 is 46.4 Å². The van der Waals surface area contributed by atoms with Crippen molar-refractivity contribution in [1.29, 1.82) is 0 Å². The lowest BCUT2D eigenvalue weighted by atomic mass is 10.2. The third-order valence-electron chi connectivity index (χ3n) is 2.08. The predicted octanol–water partition coefficient (Wildman–Crippen LogP) is 4.86. The zero-order valence-electron chi connectivity index (χ0n) is 8.02. The second-order valence-corrected chi connectivity index (χ2v) is 4.59. The van der Waals surface area contributed by atoms with Crippen LogP contribution in [0.25, 0.3) is 10.9 Å². The van der Waals surface area contributed by atoms with Crippen molar-refractivity contribution in [2.75, 3.05) is 7.11 Å². The number of rotatable bonds is 1. The minimum absolute atomic E-state index is 0.139. The van der Waals surface area contributed by atoms with Gasteiger partial charge in [-0.2, -0.15) is 0 Å². The fourth-order valence-electron chi connectivity index (χ4n) is 1.37. The van der Waals surface area contributed by atoms with E-state index in [0.717, 1.165) is 0 Å². The van der Waals surface area contributed by atoms with E-state index in [2.05, 4.69) is 4.98 Å². The molecule has 1 aromatic carbocycles. The number of halogens is 4. The lowest BCUT2D eigenvalue weighted by molar-refractivity contribution is 0.419. The highest BCUT2D eigenvalue weighted by atomic mass is 35.5. The smallest absolute Gasteiger partial charge is 0.150 e. The summed E-state index contributed by atoms with van der Waals surface area (Å²) in [5.74, 6) is 0.503. The Bertz CT molecular complexity index is 570. The molecule has 1 heterocycles. The number of benzene rings is 1. The van der Waals surface area contributed by atoms with Crippen LogP contribution in [0.1, 0.15) is 0 Å². The maximum absolute atomic E-state index is 6.06.